The van der Waals surface area contributed by atoms with Gasteiger partial charge < -0.3 is 13.9 Å². The number of aromatic nitrogens is 2. The number of thiazole rings is 1. The summed E-state index contributed by atoms with van der Waals surface area (Å²) in [6.45, 7) is 18.7. The van der Waals surface area contributed by atoms with Crippen molar-refractivity contribution in [3.63, 3.8) is 0 Å². The van der Waals surface area contributed by atoms with Crippen LogP contribution in [0.4, 0.5) is 0 Å². The van der Waals surface area contributed by atoms with Crippen molar-refractivity contribution >= 4 is 31.7 Å². The molecule has 2 aromatic rings. The number of esters is 1. The quantitative estimate of drug-likeness (QED) is 0.212. The highest BCUT2D eigenvalue weighted by molar-refractivity contribution is 7.13. The number of hydrogen-bond donors (Lipinski definition) is 0. The van der Waals surface area contributed by atoms with Gasteiger partial charge in [-0.2, -0.15) is 0 Å². The van der Waals surface area contributed by atoms with Crippen LogP contribution in [0, 0.1) is 0 Å². The van der Waals surface area contributed by atoms with Gasteiger partial charge >= 0.3 is 5.97 Å². The number of hydrogen-bond acceptors (Lipinski definition) is 7. The van der Waals surface area contributed by atoms with E-state index < -0.39 is 19.9 Å². The summed E-state index contributed by atoms with van der Waals surface area (Å²) in [6.07, 6.45) is 6.51. The van der Waals surface area contributed by atoms with Crippen molar-refractivity contribution in [3.8, 4) is 10.6 Å². The summed E-state index contributed by atoms with van der Waals surface area (Å²) >= 11 is 1.41. The molecule has 2 rings (SSSR count). The van der Waals surface area contributed by atoms with Gasteiger partial charge in [-0.05, 0) is 63.5 Å². The summed E-state index contributed by atoms with van der Waals surface area (Å²) in [6, 6.07) is 3.83. The molecule has 0 bridgehead atoms. The van der Waals surface area contributed by atoms with Crippen LogP contribution in [0.25, 0.3) is 16.6 Å². The van der Waals surface area contributed by atoms with Crippen LogP contribution >= 0.6 is 11.3 Å². The van der Waals surface area contributed by atoms with Crippen molar-refractivity contribution in [2.24, 2.45) is 0 Å². The Labute approximate surface area is 203 Å². The molecule has 8 heteroatoms. The Morgan fingerprint density at radius 2 is 1.88 bits per heavy atom. The maximum absolute atomic E-state index is 12.2. The molecule has 0 fully saturated rings. The van der Waals surface area contributed by atoms with Gasteiger partial charge in [-0.25, -0.2) is 9.78 Å². The molecule has 0 aliphatic heterocycles. The lowest BCUT2D eigenvalue weighted by molar-refractivity contribution is 0.00638. The van der Waals surface area contributed by atoms with Gasteiger partial charge in [0, 0.05) is 30.4 Å². The third-order valence-corrected chi connectivity index (χ3v) is 10.8. The van der Waals surface area contributed by atoms with E-state index in [4.69, 9.17) is 13.9 Å². The van der Waals surface area contributed by atoms with Crippen LogP contribution in [0.15, 0.2) is 29.8 Å². The van der Waals surface area contributed by atoms with Gasteiger partial charge in [0.25, 0.3) is 0 Å². The van der Waals surface area contributed by atoms with E-state index in [0.717, 1.165) is 29.3 Å². The standard InChI is InChI=1S/C25H38N2O4SSi/c1-24(2,3)31-23(28)21-18-32-22(27-21)19-12-13-26-20(17-19)11-9-14-29-15-10-16-30-33(7,8)25(4,5)6/h9,11-13,17-18H,10,14-16H2,1-8H3/b11-9+. The summed E-state index contributed by atoms with van der Waals surface area (Å²) in [5.74, 6) is -0.411. The van der Waals surface area contributed by atoms with E-state index in [2.05, 4.69) is 43.8 Å². The molecule has 0 aliphatic rings. The van der Waals surface area contributed by atoms with Crippen LogP contribution in [0.1, 0.15) is 64.1 Å². The van der Waals surface area contributed by atoms with Gasteiger partial charge in [0.15, 0.2) is 14.0 Å². The third kappa shape index (κ3) is 9.12. The predicted molar refractivity (Wildman–Crippen MR) is 138 cm³/mol. The highest BCUT2D eigenvalue weighted by Gasteiger charge is 2.36. The van der Waals surface area contributed by atoms with E-state index in [1.54, 1.807) is 11.6 Å². The fraction of sp³-hybridized carbons (Fsp3) is 0.560. The van der Waals surface area contributed by atoms with E-state index in [1.165, 1.54) is 11.3 Å². The second-order valence-electron chi connectivity index (χ2n) is 10.4. The number of ether oxygens (including phenoxy) is 2. The number of pyridine rings is 1. The fourth-order valence-electron chi connectivity index (χ4n) is 2.53. The maximum Gasteiger partial charge on any atom is 0.358 e. The molecule has 0 radical (unpaired) electrons. The van der Waals surface area contributed by atoms with Gasteiger partial charge in [-0.15, -0.1) is 11.3 Å². The number of nitrogens with zero attached hydrogens (tertiary/aromatic N) is 2. The second kappa shape index (κ2) is 11.5. The normalized spacial score (nSPS) is 13.0. The minimum absolute atomic E-state index is 0.230. The SMILES string of the molecule is CC(C)(C)OC(=O)c1csc(-c2ccnc(/C=C/COCCCO[Si](C)(C)C(C)(C)C)c2)n1. The molecule has 2 heterocycles. The molecular weight excluding hydrogens is 452 g/mol. The summed E-state index contributed by atoms with van der Waals surface area (Å²) in [5.41, 5.74) is 1.50. The fourth-order valence-corrected chi connectivity index (χ4v) is 4.40. The predicted octanol–water partition coefficient (Wildman–Crippen LogP) is 6.60. The van der Waals surface area contributed by atoms with Gasteiger partial charge in [0.05, 0.1) is 12.3 Å². The first-order chi connectivity index (χ1) is 15.3. The van der Waals surface area contributed by atoms with Gasteiger partial charge in [0.1, 0.15) is 10.6 Å². The molecule has 182 valence electrons. The first kappa shape index (κ1) is 27.4. The molecule has 0 aliphatic carbocycles. The Bertz CT molecular complexity index is 942. The van der Waals surface area contributed by atoms with Crippen LogP contribution < -0.4 is 0 Å². The smallest absolute Gasteiger partial charge is 0.358 e. The highest BCUT2D eigenvalue weighted by atomic mass is 32.1. The van der Waals surface area contributed by atoms with Crippen LogP contribution in [0.5, 0.6) is 0 Å². The molecule has 33 heavy (non-hydrogen) atoms. The van der Waals surface area contributed by atoms with Gasteiger partial charge in [-0.1, -0.05) is 26.8 Å². The van der Waals surface area contributed by atoms with Crippen LogP contribution in [-0.4, -0.2) is 49.7 Å². The average molecular weight is 491 g/mol. The maximum atomic E-state index is 12.2. The Balaban J connectivity index is 1.81. The van der Waals surface area contributed by atoms with Crippen molar-refractivity contribution in [1.82, 2.24) is 9.97 Å². The number of rotatable bonds is 10. The molecular formula is C25H38N2O4SSi. The lowest BCUT2D eigenvalue weighted by Gasteiger charge is -2.36. The zero-order valence-electron chi connectivity index (χ0n) is 21.2. The van der Waals surface area contributed by atoms with E-state index in [0.29, 0.717) is 18.9 Å². The van der Waals surface area contributed by atoms with Crippen molar-refractivity contribution in [2.45, 2.75) is 71.7 Å². The molecule has 0 aromatic carbocycles. The number of carbonyl (C=O) groups is 1. The third-order valence-electron chi connectivity index (χ3n) is 5.35. The average Bonchev–Trinajstić information content (AvgIpc) is 3.18. The van der Waals surface area contributed by atoms with E-state index in [-0.39, 0.29) is 5.04 Å². The van der Waals surface area contributed by atoms with Crippen molar-refractivity contribution < 1.29 is 18.7 Å². The van der Waals surface area contributed by atoms with E-state index in [1.807, 2.05) is 45.1 Å². The molecule has 0 spiro atoms. The van der Waals surface area contributed by atoms with Crippen molar-refractivity contribution in [1.29, 1.82) is 0 Å². The highest BCUT2D eigenvalue weighted by Crippen LogP contribution is 2.36. The van der Waals surface area contributed by atoms with E-state index in [9.17, 15) is 4.79 Å². The molecule has 0 N–H and O–H groups in total. The summed E-state index contributed by atoms with van der Waals surface area (Å²) in [4.78, 5) is 21.0. The summed E-state index contributed by atoms with van der Waals surface area (Å²) in [7, 11) is -1.68. The first-order valence-corrected chi connectivity index (χ1v) is 15.1. The molecule has 0 saturated heterocycles. The number of carbonyl (C=O) groups excluding carboxylic acids is 1. The molecule has 0 amide bonds. The Morgan fingerprint density at radius 3 is 2.55 bits per heavy atom. The van der Waals surface area contributed by atoms with Crippen LogP contribution in [-0.2, 0) is 13.9 Å². The minimum atomic E-state index is -1.68. The molecule has 0 unspecified atom stereocenters. The molecule has 6 nitrogen and oxygen atoms in total. The summed E-state index contributed by atoms with van der Waals surface area (Å²) < 4.78 is 17.3. The largest absolute Gasteiger partial charge is 0.455 e. The Hall–Kier alpha value is -1.87. The lowest BCUT2D eigenvalue weighted by atomic mass is 10.2. The van der Waals surface area contributed by atoms with Crippen LogP contribution in [0.2, 0.25) is 18.1 Å². The Morgan fingerprint density at radius 1 is 1.15 bits per heavy atom. The first-order valence-electron chi connectivity index (χ1n) is 11.3. The van der Waals surface area contributed by atoms with Gasteiger partial charge in [0.2, 0.25) is 0 Å². The monoisotopic (exact) mass is 490 g/mol. The molecule has 2 aromatic heterocycles. The molecule has 0 saturated carbocycles. The minimum Gasteiger partial charge on any atom is -0.455 e. The van der Waals surface area contributed by atoms with E-state index >= 15 is 0 Å². The van der Waals surface area contributed by atoms with Gasteiger partial charge in [-0.3, -0.25) is 4.98 Å². The molecule has 0 atom stereocenters. The summed E-state index contributed by atoms with van der Waals surface area (Å²) in [5, 5.41) is 2.71. The lowest BCUT2D eigenvalue weighted by Crippen LogP contribution is -2.41. The van der Waals surface area contributed by atoms with Crippen molar-refractivity contribution in [2.75, 3.05) is 19.8 Å². The van der Waals surface area contributed by atoms with Crippen LogP contribution in [0.3, 0.4) is 0 Å². The van der Waals surface area contributed by atoms with Crippen molar-refractivity contribution in [3.05, 3.63) is 41.2 Å². The Kier molecular flexibility index (Phi) is 9.55. The zero-order valence-corrected chi connectivity index (χ0v) is 23.0. The second-order valence-corrected chi connectivity index (χ2v) is 16.1. The topological polar surface area (TPSA) is 70.5 Å². The zero-order chi connectivity index (χ0) is 24.7.